The molecular formula is C11H14Cl2N2O3S2. The average Bonchev–Trinajstić information content (AvgIpc) is 2.98. The normalized spacial score (nSPS) is 20.2. The van der Waals surface area contributed by atoms with E-state index in [1.807, 2.05) is 6.92 Å². The molecule has 112 valence electrons. The second kappa shape index (κ2) is 6.19. The maximum atomic E-state index is 12.4. The van der Waals surface area contributed by atoms with E-state index in [2.05, 4.69) is 5.32 Å². The first-order chi connectivity index (χ1) is 9.36. The molecule has 1 atom stereocenters. The van der Waals surface area contributed by atoms with Crippen LogP contribution in [-0.2, 0) is 14.8 Å². The van der Waals surface area contributed by atoms with Crippen LogP contribution < -0.4 is 5.32 Å². The lowest BCUT2D eigenvalue weighted by Crippen LogP contribution is -2.34. The lowest BCUT2D eigenvalue weighted by Gasteiger charge is -2.15. The first-order valence-electron chi connectivity index (χ1n) is 6.09. The first kappa shape index (κ1) is 16.0. The predicted octanol–water partition coefficient (Wildman–Crippen LogP) is 2.20. The van der Waals surface area contributed by atoms with Crippen LogP contribution >= 0.6 is 34.5 Å². The van der Waals surface area contributed by atoms with Crippen molar-refractivity contribution in [1.29, 1.82) is 0 Å². The predicted molar refractivity (Wildman–Crippen MR) is 79.9 cm³/mol. The highest BCUT2D eigenvalue weighted by atomic mass is 35.5. The number of hydrogen-bond donors (Lipinski definition) is 1. The smallest absolute Gasteiger partial charge is 0.252 e. The molecule has 1 saturated heterocycles. The van der Waals surface area contributed by atoms with E-state index in [0.29, 0.717) is 19.5 Å². The van der Waals surface area contributed by atoms with Crippen molar-refractivity contribution in [1.82, 2.24) is 9.62 Å². The Morgan fingerprint density at radius 2 is 2.25 bits per heavy atom. The molecule has 1 amide bonds. The van der Waals surface area contributed by atoms with Crippen molar-refractivity contribution in [2.75, 3.05) is 19.6 Å². The van der Waals surface area contributed by atoms with Gasteiger partial charge in [-0.3, -0.25) is 4.79 Å². The summed E-state index contributed by atoms with van der Waals surface area (Å²) in [6, 6.07) is 1.35. The Labute approximate surface area is 131 Å². The minimum Gasteiger partial charge on any atom is -0.356 e. The van der Waals surface area contributed by atoms with Gasteiger partial charge in [0.05, 0.1) is 10.9 Å². The molecule has 5 nitrogen and oxygen atoms in total. The van der Waals surface area contributed by atoms with Gasteiger partial charge in [0.15, 0.2) is 0 Å². The lowest BCUT2D eigenvalue weighted by atomic mass is 10.1. The largest absolute Gasteiger partial charge is 0.356 e. The van der Waals surface area contributed by atoms with Crippen molar-refractivity contribution in [2.24, 2.45) is 5.92 Å². The molecule has 1 fully saturated rings. The molecule has 1 aromatic rings. The average molecular weight is 357 g/mol. The van der Waals surface area contributed by atoms with E-state index in [9.17, 15) is 13.2 Å². The molecule has 2 heterocycles. The summed E-state index contributed by atoms with van der Waals surface area (Å²) in [5.41, 5.74) is 0. The van der Waals surface area contributed by atoms with E-state index in [-0.39, 0.29) is 31.9 Å². The van der Waals surface area contributed by atoms with Crippen LogP contribution in [0, 0.1) is 5.92 Å². The molecule has 0 radical (unpaired) electrons. The summed E-state index contributed by atoms with van der Waals surface area (Å²) >= 11 is 12.5. The zero-order valence-electron chi connectivity index (χ0n) is 10.7. The molecule has 0 saturated carbocycles. The summed E-state index contributed by atoms with van der Waals surface area (Å²) in [7, 11) is -3.62. The summed E-state index contributed by atoms with van der Waals surface area (Å²) in [6.45, 7) is 2.90. The monoisotopic (exact) mass is 356 g/mol. The number of nitrogens with zero attached hydrogens (tertiary/aromatic N) is 1. The Hall–Kier alpha value is -0.340. The number of hydrogen-bond acceptors (Lipinski definition) is 4. The van der Waals surface area contributed by atoms with Crippen molar-refractivity contribution >= 4 is 50.5 Å². The molecule has 20 heavy (non-hydrogen) atoms. The summed E-state index contributed by atoms with van der Waals surface area (Å²) in [6.07, 6.45) is 0.526. The van der Waals surface area contributed by atoms with Gasteiger partial charge >= 0.3 is 0 Å². The highest BCUT2D eigenvalue weighted by Crippen LogP contribution is 2.36. The van der Waals surface area contributed by atoms with Crippen LogP contribution in [0.5, 0.6) is 0 Å². The number of amides is 1. The molecule has 1 aromatic heterocycles. The number of nitrogens with one attached hydrogen (secondary N) is 1. The number of rotatable bonds is 4. The van der Waals surface area contributed by atoms with E-state index in [0.717, 1.165) is 11.3 Å². The number of halogens is 2. The minimum absolute atomic E-state index is 0.104. The molecule has 0 spiro atoms. The maximum absolute atomic E-state index is 12.4. The van der Waals surface area contributed by atoms with Crippen molar-refractivity contribution in [3.8, 4) is 0 Å². The molecule has 1 aliphatic rings. The van der Waals surface area contributed by atoms with Gasteiger partial charge in [-0.05, 0) is 19.4 Å². The van der Waals surface area contributed by atoms with Crippen LogP contribution in [0.1, 0.15) is 13.3 Å². The molecule has 9 heteroatoms. The fourth-order valence-corrected chi connectivity index (χ4v) is 5.60. The number of carbonyl (C=O) groups is 1. The van der Waals surface area contributed by atoms with Gasteiger partial charge in [-0.25, -0.2) is 8.42 Å². The maximum Gasteiger partial charge on any atom is 0.252 e. The highest BCUT2D eigenvalue weighted by molar-refractivity contribution is 7.91. The zero-order valence-corrected chi connectivity index (χ0v) is 13.9. The number of carbonyl (C=O) groups excluding carboxylic acids is 1. The number of thiophene rings is 1. The fraction of sp³-hybridized carbons (Fsp3) is 0.545. The molecule has 0 aromatic carbocycles. The number of sulfonamides is 1. The Kier molecular flexibility index (Phi) is 4.96. The molecule has 1 aliphatic heterocycles. The summed E-state index contributed by atoms with van der Waals surface area (Å²) in [5, 5.41) is 2.94. The molecule has 0 aliphatic carbocycles. The quantitative estimate of drug-likeness (QED) is 0.898. The van der Waals surface area contributed by atoms with Gasteiger partial charge in [0.1, 0.15) is 8.55 Å². The molecule has 0 bridgehead atoms. The third-order valence-electron chi connectivity index (χ3n) is 3.09. The molecule has 1 N–H and O–H groups in total. The van der Waals surface area contributed by atoms with Gasteiger partial charge < -0.3 is 5.32 Å². The van der Waals surface area contributed by atoms with Gasteiger partial charge in [-0.1, -0.05) is 23.2 Å². The van der Waals surface area contributed by atoms with E-state index in [1.54, 1.807) is 0 Å². The summed E-state index contributed by atoms with van der Waals surface area (Å²) < 4.78 is 26.5. The summed E-state index contributed by atoms with van der Waals surface area (Å²) in [5.74, 6) is -0.400. The van der Waals surface area contributed by atoms with Crippen molar-refractivity contribution < 1.29 is 13.2 Å². The lowest BCUT2D eigenvalue weighted by molar-refractivity contribution is -0.124. The third kappa shape index (κ3) is 3.12. The van der Waals surface area contributed by atoms with Crippen LogP contribution in [0.2, 0.25) is 9.36 Å². The Morgan fingerprint density at radius 1 is 1.55 bits per heavy atom. The molecule has 0 unspecified atom stereocenters. The Morgan fingerprint density at radius 3 is 2.80 bits per heavy atom. The minimum atomic E-state index is -3.62. The molecule has 2 rings (SSSR count). The van der Waals surface area contributed by atoms with E-state index in [4.69, 9.17) is 23.2 Å². The van der Waals surface area contributed by atoms with E-state index in [1.165, 1.54) is 10.4 Å². The third-order valence-corrected chi connectivity index (χ3v) is 7.27. The van der Waals surface area contributed by atoms with Gasteiger partial charge in [0.2, 0.25) is 5.91 Å². The van der Waals surface area contributed by atoms with Gasteiger partial charge in [0, 0.05) is 19.6 Å². The van der Waals surface area contributed by atoms with Gasteiger partial charge in [-0.15, -0.1) is 11.3 Å². The van der Waals surface area contributed by atoms with Crippen molar-refractivity contribution in [3.05, 3.63) is 15.4 Å². The van der Waals surface area contributed by atoms with Crippen LogP contribution in [-0.4, -0.2) is 38.3 Å². The van der Waals surface area contributed by atoms with Crippen molar-refractivity contribution in [2.45, 2.75) is 17.6 Å². The van der Waals surface area contributed by atoms with E-state index >= 15 is 0 Å². The summed E-state index contributed by atoms with van der Waals surface area (Å²) in [4.78, 5) is 11.7. The Bertz CT molecular complexity index is 596. The first-order valence-corrected chi connectivity index (χ1v) is 9.10. The van der Waals surface area contributed by atoms with E-state index < -0.39 is 10.0 Å². The highest BCUT2D eigenvalue weighted by Gasteiger charge is 2.36. The zero-order chi connectivity index (χ0) is 14.9. The standard InChI is InChI=1S/C11H14Cl2N2O3S2/c1-2-14-11(16)7-3-4-15(6-7)20(17,18)9-5-8(12)10(13)19-9/h5,7H,2-4,6H2,1H3,(H,14,16)/t7-/m0/s1. The van der Waals surface area contributed by atoms with Gasteiger partial charge in [0.25, 0.3) is 10.0 Å². The molecular weight excluding hydrogens is 343 g/mol. The fourth-order valence-electron chi connectivity index (χ4n) is 2.06. The Balaban J connectivity index is 2.14. The van der Waals surface area contributed by atoms with Crippen LogP contribution in [0.25, 0.3) is 0 Å². The SMILES string of the molecule is CCNC(=O)[C@H]1CCN(S(=O)(=O)c2cc(Cl)c(Cl)s2)C1. The van der Waals surface area contributed by atoms with Crippen molar-refractivity contribution in [3.63, 3.8) is 0 Å². The van der Waals surface area contributed by atoms with Crippen LogP contribution in [0.15, 0.2) is 10.3 Å². The van der Waals surface area contributed by atoms with Crippen LogP contribution in [0.4, 0.5) is 0 Å². The topological polar surface area (TPSA) is 66.5 Å². The van der Waals surface area contributed by atoms with Crippen LogP contribution in [0.3, 0.4) is 0 Å². The van der Waals surface area contributed by atoms with Gasteiger partial charge in [-0.2, -0.15) is 4.31 Å². The second-order valence-corrected chi connectivity index (χ2v) is 8.66. The second-order valence-electron chi connectivity index (χ2n) is 4.43.